The molecule has 5 aromatic rings. The lowest BCUT2D eigenvalue weighted by molar-refractivity contribution is -0.118. The number of fused-ring (bicyclic) bond motifs is 2. The van der Waals surface area contributed by atoms with Crippen LogP contribution in [0.25, 0.3) is 16.1 Å². The van der Waals surface area contributed by atoms with E-state index in [0.29, 0.717) is 40.8 Å². The van der Waals surface area contributed by atoms with E-state index in [4.69, 9.17) is 16.3 Å². The minimum Gasteiger partial charge on any atom is -0.508 e. The molecule has 0 unspecified atom stereocenters. The van der Waals surface area contributed by atoms with Crippen LogP contribution in [0.1, 0.15) is 22.6 Å². The van der Waals surface area contributed by atoms with Crippen LogP contribution in [0.15, 0.2) is 83.9 Å². The first-order valence-corrected chi connectivity index (χ1v) is 13.7. The predicted octanol–water partition coefficient (Wildman–Crippen LogP) is 6.39. The Balaban J connectivity index is 1.31. The Morgan fingerprint density at radius 2 is 2.00 bits per heavy atom. The van der Waals surface area contributed by atoms with Crippen LogP contribution in [-0.2, 0) is 30.8 Å². The molecule has 0 saturated carbocycles. The van der Waals surface area contributed by atoms with Gasteiger partial charge in [-0.3, -0.25) is 4.79 Å². The van der Waals surface area contributed by atoms with Crippen LogP contribution in [0.2, 0.25) is 0 Å². The Hall–Kier alpha value is -4.75. The van der Waals surface area contributed by atoms with E-state index >= 15 is 4.39 Å². The number of aromatic nitrogens is 4. The van der Waals surface area contributed by atoms with Crippen molar-refractivity contribution in [1.29, 1.82) is 0 Å². The Morgan fingerprint density at radius 1 is 1.15 bits per heavy atom. The molecule has 0 aliphatic carbocycles. The molecule has 2 aromatic heterocycles. The van der Waals surface area contributed by atoms with E-state index in [1.807, 2.05) is 51.7 Å². The number of ether oxygens (including phenoxy) is 1. The average molecular weight is 611 g/mol. The largest absolute Gasteiger partial charge is 0.508 e. The molecule has 10 heteroatoms. The molecule has 0 radical (unpaired) electrons. The zero-order valence-corrected chi connectivity index (χ0v) is 23.7. The van der Waals surface area contributed by atoms with Gasteiger partial charge in [-0.2, -0.15) is 0 Å². The molecule has 0 bridgehead atoms. The third kappa shape index (κ3) is 5.12. The van der Waals surface area contributed by atoms with Gasteiger partial charge in [-0.05, 0) is 29.8 Å². The van der Waals surface area contributed by atoms with E-state index in [1.54, 1.807) is 35.6 Å². The fourth-order valence-corrected chi connectivity index (χ4v) is 5.58. The number of amides is 1. The number of imidazole rings is 2. The van der Waals surface area contributed by atoms with Crippen molar-refractivity contribution < 1.29 is 13.9 Å². The summed E-state index contributed by atoms with van der Waals surface area (Å²) in [5.74, 6) is 0.598. The maximum atomic E-state index is 15.2. The molecule has 1 aliphatic rings. The van der Waals surface area contributed by atoms with Crippen molar-refractivity contribution >= 4 is 33.2 Å². The van der Waals surface area contributed by atoms with Gasteiger partial charge in [0.2, 0.25) is 11.6 Å². The molecule has 0 N–H and O–H groups in total. The highest BCUT2D eigenvalue weighted by atomic mass is 79.9. The van der Waals surface area contributed by atoms with Gasteiger partial charge in [0.15, 0.2) is 0 Å². The van der Waals surface area contributed by atoms with Gasteiger partial charge in [-0.25, -0.2) is 19.2 Å². The van der Waals surface area contributed by atoms with Gasteiger partial charge < -0.3 is 18.8 Å². The lowest BCUT2D eigenvalue weighted by atomic mass is 10.1. The number of carbonyl (C=O) groups is 1. The second-order valence-corrected chi connectivity index (χ2v) is 10.5. The molecule has 0 atom stereocenters. The number of rotatable bonds is 6. The summed E-state index contributed by atoms with van der Waals surface area (Å²) in [7, 11) is 1.53. The summed E-state index contributed by atoms with van der Waals surface area (Å²) < 4.78 is 25.2. The first-order chi connectivity index (χ1) is 19.9. The fourth-order valence-electron chi connectivity index (χ4n) is 5.09. The second kappa shape index (κ2) is 11.0. The number of carbonyl (C=O) groups excluding carboxylic acids is 1. The Bertz CT molecular complexity index is 1820. The highest BCUT2D eigenvalue weighted by molar-refractivity contribution is 9.10. The second-order valence-electron chi connectivity index (χ2n) is 9.68. The van der Waals surface area contributed by atoms with Gasteiger partial charge in [-0.15, -0.1) is 0 Å². The van der Waals surface area contributed by atoms with Crippen LogP contribution in [-0.4, -0.2) is 32.1 Å². The molecule has 204 valence electrons. The lowest BCUT2D eigenvalue weighted by Crippen LogP contribution is -2.33. The van der Waals surface area contributed by atoms with Crippen LogP contribution in [0.5, 0.6) is 5.75 Å². The molecule has 0 fully saturated rings. The SMILES string of the molecule is [C-]#[N+]c1ccc(Cn2cncc2CC(=O)N2Cc3nc(-c4ccccc4Br)cn3Cc3c(F)cccc32)cc1OC. The van der Waals surface area contributed by atoms with E-state index in [1.165, 1.54) is 13.2 Å². The van der Waals surface area contributed by atoms with Crippen molar-refractivity contribution in [3.05, 3.63) is 124 Å². The number of nitrogens with zero attached hydrogens (tertiary/aromatic N) is 6. The molecule has 41 heavy (non-hydrogen) atoms. The van der Waals surface area contributed by atoms with Crippen LogP contribution < -0.4 is 9.64 Å². The quantitative estimate of drug-likeness (QED) is 0.209. The molecule has 3 aromatic carbocycles. The molecule has 0 spiro atoms. The zero-order valence-electron chi connectivity index (χ0n) is 22.1. The minimum absolute atomic E-state index is 0.0605. The number of halogens is 2. The molecule has 1 amide bonds. The Labute approximate surface area is 244 Å². The van der Waals surface area contributed by atoms with E-state index in [9.17, 15) is 4.79 Å². The third-order valence-corrected chi connectivity index (χ3v) is 7.86. The van der Waals surface area contributed by atoms with Crippen LogP contribution in [0, 0.1) is 12.4 Å². The number of methoxy groups -OCH3 is 1. The van der Waals surface area contributed by atoms with Crippen molar-refractivity contribution in [3.8, 4) is 17.0 Å². The molecule has 1 aliphatic heterocycles. The van der Waals surface area contributed by atoms with Gasteiger partial charge in [-0.1, -0.05) is 52.3 Å². The van der Waals surface area contributed by atoms with Gasteiger partial charge in [0.05, 0.1) is 50.9 Å². The standard InChI is InChI=1S/C31H24BrFN6O2/c1-34-26-11-10-20(12-29(26)41-2)15-38-19-35-14-21(38)13-31(40)39-18-30-36-27(22-6-3-4-7-24(22)32)17-37(30)16-23-25(33)8-5-9-28(23)39/h3-12,14,17,19H,13,15-16,18H2,2H3. The monoisotopic (exact) mass is 610 g/mol. The van der Waals surface area contributed by atoms with E-state index in [2.05, 4.69) is 25.8 Å². The average Bonchev–Trinajstić information content (AvgIpc) is 3.55. The highest BCUT2D eigenvalue weighted by Gasteiger charge is 2.28. The van der Waals surface area contributed by atoms with Crippen molar-refractivity contribution in [2.45, 2.75) is 26.1 Å². The van der Waals surface area contributed by atoms with Crippen LogP contribution >= 0.6 is 15.9 Å². The summed E-state index contributed by atoms with van der Waals surface area (Å²) in [4.78, 5) is 28.1. The fraction of sp³-hybridized carbons (Fsp3) is 0.161. The summed E-state index contributed by atoms with van der Waals surface area (Å²) in [6.07, 6.45) is 5.30. The molecule has 6 rings (SSSR count). The zero-order chi connectivity index (χ0) is 28.5. The van der Waals surface area contributed by atoms with Gasteiger partial charge >= 0.3 is 0 Å². The molecular weight excluding hydrogens is 587 g/mol. The summed E-state index contributed by atoms with van der Waals surface area (Å²) >= 11 is 3.59. The van der Waals surface area contributed by atoms with Crippen molar-refractivity contribution in [1.82, 2.24) is 19.1 Å². The predicted molar refractivity (Wildman–Crippen MR) is 156 cm³/mol. The number of hydrogen-bond donors (Lipinski definition) is 0. The van der Waals surface area contributed by atoms with Crippen molar-refractivity contribution in [2.75, 3.05) is 12.0 Å². The topological polar surface area (TPSA) is 69.5 Å². The minimum atomic E-state index is -0.369. The van der Waals surface area contributed by atoms with Gasteiger partial charge in [0.25, 0.3) is 0 Å². The smallest absolute Gasteiger partial charge is 0.233 e. The van der Waals surface area contributed by atoms with Crippen LogP contribution in [0.4, 0.5) is 15.8 Å². The lowest BCUT2D eigenvalue weighted by Gasteiger charge is -2.23. The first-order valence-electron chi connectivity index (χ1n) is 12.9. The maximum absolute atomic E-state index is 15.2. The Kier molecular flexibility index (Phi) is 7.12. The van der Waals surface area contributed by atoms with Crippen LogP contribution in [0.3, 0.4) is 0 Å². The van der Waals surface area contributed by atoms with Gasteiger partial charge in [0, 0.05) is 40.2 Å². The normalized spacial score (nSPS) is 12.3. The first kappa shape index (κ1) is 26.5. The third-order valence-electron chi connectivity index (χ3n) is 7.17. The molecule has 8 nitrogen and oxygen atoms in total. The number of benzene rings is 3. The van der Waals surface area contributed by atoms with E-state index in [-0.39, 0.29) is 31.2 Å². The van der Waals surface area contributed by atoms with Crippen molar-refractivity contribution in [2.24, 2.45) is 0 Å². The molecule has 0 saturated heterocycles. The molecular formula is C31H24BrFN6O2. The van der Waals surface area contributed by atoms with Crippen molar-refractivity contribution in [3.63, 3.8) is 0 Å². The number of hydrogen-bond acceptors (Lipinski definition) is 4. The molecule has 3 heterocycles. The summed E-state index contributed by atoms with van der Waals surface area (Å²) in [5.41, 5.74) is 4.70. The highest BCUT2D eigenvalue weighted by Crippen LogP contribution is 2.33. The van der Waals surface area contributed by atoms with E-state index < -0.39 is 0 Å². The Morgan fingerprint density at radius 3 is 2.80 bits per heavy atom. The maximum Gasteiger partial charge on any atom is 0.233 e. The summed E-state index contributed by atoms with van der Waals surface area (Å²) in [5, 5.41) is 0. The number of anilines is 1. The van der Waals surface area contributed by atoms with Gasteiger partial charge in [0.1, 0.15) is 17.4 Å². The summed E-state index contributed by atoms with van der Waals surface area (Å²) in [6, 6.07) is 18.0. The summed E-state index contributed by atoms with van der Waals surface area (Å²) in [6.45, 7) is 8.21. The van der Waals surface area contributed by atoms with E-state index in [0.717, 1.165) is 21.3 Å².